The molecule has 4 aromatic rings. The number of carbonyl (C=O) groups is 3. The molecule has 14 nitrogen and oxygen atoms in total. The molecular weight excluding hydrogens is 608 g/mol. The summed E-state index contributed by atoms with van der Waals surface area (Å²) >= 11 is 0. The number of methoxy groups -OCH3 is 4. The van der Waals surface area contributed by atoms with Crippen LogP contribution in [0.25, 0.3) is 33.0 Å². The standard InChI is InChI=1S/C33H28N6O8/c1-16-22(18-12-14-21(43-2)31(44-3)30(18)47-15-17-9-7-6-8-10-17)23(34)26(37-24(16)33(42)46-5)20-13-11-19-25(36-20)29(41)27(38-39-35)32(45-4)28(19)40/h6-14H,15,34H2,1-5H3. The Morgan fingerprint density at radius 1 is 0.872 bits per heavy atom. The quantitative estimate of drug-likeness (QED) is 0.0979. The van der Waals surface area contributed by atoms with Gasteiger partial charge in [0.15, 0.2) is 23.0 Å². The van der Waals surface area contributed by atoms with Crippen molar-refractivity contribution >= 4 is 23.2 Å². The molecule has 2 aromatic heterocycles. The fraction of sp³-hybridized carbons (Fsp3) is 0.182. The van der Waals surface area contributed by atoms with Crippen LogP contribution in [0.5, 0.6) is 17.2 Å². The number of azide groups is 1. The lowest BCUT2D eigenvalue weighted by Crippen LogP contribution is -2.24. The van der Waals surface area contributed by atoms with Crippen LogP contribution in [0.4, 0.5) is 5.69 Å². The molecule has 2 heterocycles. The predicted molar refractivity (Wildman–Crippen MR) is 169 cm³/mol. The molecule has 1 aliphatic carbocycles. The van der Waals surface area contributed by atoms with Gasteiger partial charge in [-0.25, -0.2) is 14.8 Å². The number of carbonyl (C=O) groups excluding carboxylic acids is 3. The molecule has 238 valence electrons. The van der Waals surface area contributed by atoms with Gasteiger partial charge in [0.2, 0.25) is 17.3 Å². The van der Waals surface area contributed by atoms with Gasteiger partial charge in [-0.05, 0) is 47.8 Å². The summed E-state index contributed by atoms with van der Waals surface area (Å²) < 4.78 is 27.7. The SMILES string of the molecule is COC(=O)c1nc(-c2ccc3c(n2)C(=O)C(N=[N+]=[N-])=C(OC)C3=O)c(N)c(-c2ccc(OC)c(OC)c2OCc2ccccc2)c1C. The molecular formula is C33H28N6O8. The van der Waals surface area contributed by atoms with Crippen molar-refractivity contribution in [2.75, 3.05) is 34.2 Å². The highest BCUT2D eigenvalue weighted by Crippen LogP contribution is 2.49. The molecule has 0 atom stereocenters. The van der Waals surface area contributed by atoms with Gasteiger partial charge in [-0.15, -0.1) is 0 Å². The van der Waals surface area contributed by atoms with Gasteiger partial charge >= 0.3 is 5.97 Å². The number of fused-ring (bicyclic) bond motifs is 1. The lowest BCUT2D eigenvalue weighted by atomic mass is 9.93. The van der Waals surface area contributed by atoms with Crippen LogP contribution in [0, 0.1) is 6.92 Å². The number of rotatable bonds is 10. The summed E-state index contributed by atoms with van der Waals surface area (Å²) in [5, 5.41) is 3.37. The van der Waals surface area contributed by atoms with Crippen LogP contribution >= 0.6 is 0 Å². The van der Waals surface area contributed by atoms with Crippen LogP contribution in [0.1, 0.15) is 42.5 Å². The zero-order valence-electron chi connectivity index (χ0n) is 26.0. The van der Waals surface area contributed by atoms with E-state index < -0.39 is 29.0 Å². The van der Waals surface area contributed by atoms with Gasteiger partial charge in [-0.2, -0.15) is 0 Å². The Morgan fingerprint density at radius 2 is 1.60 bits per heavy atom. The number of pyridine rings is 2. The molecule has 2 N–H and O–H groups in total. The van der Waals surface area contributed by atoms with E-state index in [1.54, 1.807) is 19.1 Å². The number of hydrogen-bond acceptors (Lipinski definition) is 12. The Bertz CT molecular complexity index is 2020. The van der Waals surface area contributed by atoms with Gasteiger partial charge in [-0.1, -0.05) is 35.4 Å². The molecule has 0 bridgehead atoms. The van der Waals surface area contributed by atoms with E-state index in [2.05, 4.69) is 20.0 Å². The van der Waals surface area contributed by atoms with Gasteiger partial charge in [0.05, 0.1) is 45.4 Å². The van der Waals surface area contributed by atoms with Crippen LogP contribution in [0.3, 0.4) is 0 Å². The van der Waals surface area contributed by atoms with E-state index in [9.17, 15) is 14.4 Å². The van der Waals surface area contributed by atoms with E-state index in [0.29, 0.717) is 22.4 Å². The van der Waals surface area contributed by atoms with Crippen LogP contribution in [-0.2, 0) is 16.1 Å². The second kappa shape index (κ2) is 13.3. The summed E-state index contributed by atoms with van der Waals surface area (Å²) in [7, 11) is 5.35. The lowest BCUT2D eigenvalue weighted by molar-refractivity contribution is 0.0593. The smallest absolute Gasteiger partial charge is 0.356 e. The molecule has 14 heteroatoms. The second-order valence-corrected chi connectivity index (χ2v) is 9.99. The maximum Gasteiger partial charge on any atom is 0.356 e. The first kappa shape index (κ1) is 32.0. The van der Waals surface area contributed by atoms with Crippen molar-refractivity contribution in [3.05, 3.63) is 105 Å². The van der Waals surface area contributed by atoms with E-state index in [1.807, 2.05) is 30.3 Å². The van der Waals surface area contributed by atoms with Crippen LogP contribution in [0.15, 0.2) is 71.2 Å². The third kappa shape index (κ3) is 5.64. The van der Waals surface area contributed by atoms with E-state index in [1.165, 1.54) is 40.6 Å². The van der Waals surface area contributed by atoms with Crippen molar-refractivity contribution < 1.29 is 38.1 Å². The highest BCUT2D eigenvalue weighted by Gasteiger charge is 2.35. The number of allylic oxidation sites excluding steroid dienone is 2. The van der Waals surface area contributed by atoms with Gasteiger partial charge in [0, 0.05) is 16.0 Å². The fourth-order valence-electron chi connectivity index (χ4n) is 5.22. The highest BCUT2D eigenvalue weighted by atomic mass is 16.5. The number of nitrogens with zero attached hydrogens (tertiary/aromatic N) is 5. The molecule has 0 aliphatic heterocycles. The molecule has 1 aliphatic rings. The predicted octanol–water partition coefficient (Wildman–Crippen LogP) is 5.63. The summed E-state index contributed by atoms with van der Waals surface area (Å²) in [5.41, 5.74) is 16.9. The normalized spacial score (nSPS) is 12.2. The van der Waals surface area contributed by atoms with Crippen molar-refractivity contribution in [2.24, 2.45) is 5.11 Å². The number of ether oxygens (including phenoxy) is 5. The Hall–Kier alpha value is -6.40. The molecule has 0 saturated carbocycles. The van der Waals surface area contributed by atoms with E-state index >= 15 is 0 Å². The highest BCUT2D eigenvalue weighted by molar-refractivity contribution is 6.25. The molecule has 0 radical (unpaired) electrons. The number of ketones is 2. The van der Waals surface area contributed by atoms with Crippen LogP contribution in [-0.4, -0.2) is 55.9 Å². The summed E-state index contributed by atoms with van der Waals surface area (Å²) in [5.74, 6) is -1.78. The Labute approximate surface area is 268 Å². The largest absolute Gasteiger partial charge is 0.493 e. The number of benzene rings is 2. The number of esters is 1. The summed E-state index contributed by atoms with van der Waals surface area (Å²) in [6.07, 6.45) is 0. The minimum Gasteiger partial charge on any atom is -0.493 e. The van der Waals surface area contributed by atoms with Crippen molar-refractivity contribution in [3.8, 4) is 39.8 Å². The second-order valence-electron chi connectivity index (χ2n) is 9.99. The minimum atomic E-state index is -0.841. The number of hydrogen-bond donors (Lipinski definition) is 1. The number of aromatic nitrogens is 2. The van der Waals surface area contributed by atoms with Gasteiger partial charge in [0.1, 0.15) is 23.7 Å². The maximum atomic E-state index is 13.3. The zero-order valence-corrected chi connectivity index (χ0v) is 26.0. The first-order valence-corrected chi connectivity index (χ1v) is 13.9. The topological polar surface area (TPSA) is 198 Å². The van der Waals surface area contributed by atoms with Gasteiger partial charge in [-0.3, -0.25) is 9.59 Å². The average molecular weight is 637 g/mol. The number of nitrogen functional groups attached to an aromatic ring is 1. The van der Waals surface area contributed by atoms with Gasteiger partial charge < -0.3 is 29.4 Å². The van der Waals surface area contributed by atoms with Crippen LogP contribution < -0.4 is 19.9 Å². The van der Waals surface area contributed by atoms with Gasteiger partial charge in [0.25, 0.3) is 0 Å². The average Bonchev–Trinajstić information content (AvgIpc) is 3.09. The van der Waals surface area contributed by atoms with E-state index in [-0.39, 0.29) is 52.1 Å². The van der Waals surface area contributed by atoms with Crippen LogP contribution in [0.2, 0.25) is 0 Å². The van der Waals surface area contributed by atoms with E-state index in [4.69, 9.17) is 34.9 Å². The fourth-order valence-corrected chi connectivity index (χ4v) is 5.22. The number of anilines is 1. The van der Waals surface area contributed by atoms with Crippen molar-refractivity contribution in [2.45, 2.75) is 13.5 Å². The number of nitrogens with two attached hydrogens (primary N) is 1. The summed E-state index contributed by atoms with van der Waals surface area (Å²) in [6.45, 7) is 1.81. The summed E-state index contributed by atoms with van der Waals surface area (Å²) in [4.78, 5) is 51.0. The maximum absolute atomic E-state index is 13.3. The first-order valence-electron chi connectivity index (χ1n) is 13.9. The molecule has 0 saturated heterocycles. The van der Waals surface area contributed by atoms with Crippen molar-refractivity contribution in [1.29, 1.82) is 0 Å². The van der Waals surface area contributed by atoms with Crippen molar-refractivity contribution in [1.82, 2.24) is 9.97 Å². The Morgan fingerprint density at radius 3 is 2.23 bits per heavy atom. The Kier molecular flexibility index (Phi) is 9.06. The molecule has 2 aromatic carbocycles. The molecule has 0 unspecified atom stereocenters. The van der Waals surface area contributed by atoms with E-state index in [0.717, 1.165) is 5.56 Å². The molecule has 0 amide bonds. The monoisotopic (exact) mass is 636 g/mol. The minimum absolute atomic E-state index is 0.00435. The molecule has 5 rings (SSSR count). The Balaban J connectivity index is 1.76. The molecule has 0 spiro atoms. The zero-order chi connectivity index (χ0) is 33.8. The third-order valence-corrected chi connectivity index (χ3v) is 7.44. The summed E-state index contributed by atoms with van der Waals surface area (Å²) in [6, 6.07) is 15.6. The molecule has 47 heavy (non-hydrogen) atoms. The number of Topliss-reactive ketones (excluding diaryl/α,β-unsaturated/α-hetero) is 2. The first-order chi connectivity index (χ1) is 22.7. The third-order valence-electron chi connectivity index (χ3n) is 7.44. The van der Waals surface area contributed by atoms with Crippen molar-refractivity contribution in [3.63, 3.8) is 0 Å². The lowest BCUT2D eigenvalue weighted by Gasteiger charge is -2.22. The molecule has 0 fully saturated rings.